The third-order valence-electron chi connectivity index (χ3n) is 3.94. The summed E-state index contributed by atoms with van der Waals surface area (Å²) < 4.78 is 12.6. The Labute approximate surface area is 175 Å². The quantitative estimate of drug-likeness (QED) is 0.171. The molecule has 1 aromatic rings. The predicted molar refractivity (Wildman–Crippen MR) is 99.6 cm³/mol. The molecule has 14 heteroatoms. The number of carbonyl (C=O) groups excluding carboxylic acids is 2. The fourth-order valence-corrected chi connectivity index (χ4v) is 2.35. The first-order chi connectivity index (χ1) is 14.6. The Balaban J connectivity index is 2.41. The minimum atomic E-state index is -1.49. The Hall–Kier alpha value is -3.84. The largest absolute Gasteiger partial charge is 0.481 e. The number of hydrogen-bond acceptors (Lipinski definition) is 7. The molecule has 0 saturated carbocycles. The van der Waals surface area contributed by atoms with E-state index >= 15 is 0 Å². The third-order valence-corrected chi connectivity index (χ3v) is 3.94. The van der Waals surface area contributed by atoms with E-state index < -0.39 is 54.4 Å². The molecule has 1 heterocycles. The lowest BCUT2D eigenvalue weighted by Crippen LogP contribution is -2.51. The highest BCUT2D eigenvalue weighted by atomic mass is 19.1. The van der Waals surface area contributed by atoms with Crippen molar-refractivity contribution >= 4 is 29.8 Å². The van der Waals surface area contributed by atoms with Gasteiger partial charge in [0, 0.05) is 25.4 Å². The Morgan fingerprint density at radius 3 is 1.97 bits per heavy atom. The molecular formula is C17H22FN5O8. The molecule has 2 atom stereocenters. The number of halogens is 1. The van der Waals surface area contributed by atoms with Crippen molar-refractivity contribution in [2.24, 2.45) is 0 Å². The zero-order valence-corrected chi connectivity index (χ0v) is 16.2. The lowest BCUT2D eigenvalue weighted by Gasteiger charge is -2.18. The minimum absolute atomic E-state index is 0.00878. The van der Waals surface area contributed by atoms with Crippen molar-refractivity contribution in [2.75, 3.05) is 6.54 Å². The Bertz CT molecular complexity index is 804. The minimum Gasteiger partial charge on any atom is -0.481 e. The first-order valence-electron chi connectivity index (χ1n) is 9.10. The predicted octanol–water partition coefficient (Wildman–Crippen LogP) is -0.414. The molecule has 0 fully saturated rings. The van der Waals surface area contributed by atoms with E-state index in [4.69, 9.17) is 10.2 Å². The first-order valence-corrected chi connectivity index (χ1v) is 9.10. The topological polar surface area (TPSA) is 208 Å². The Kier molecular flexibility index (Phi) is 10.3. The first kappa shape index (κ1) is 25.2. The maximum atomic E-state index is 12.6. The lowest BCUT2D eigenvalue weighted by atomic mass is 10.1. The summed E-state index contributed by atoms with van der Waals surface area (Å²) in [6.45, 7) is 0.172. The van der Waals surface area contributed by atoms with Crippen LogP contribution in [-0.2, 0) is 14.4 Å². The zero-order chi connectivity index (χ0) is 23.4. The number of rotatable bonds is 13. The van der Waals surface area contributed by atoms with E-state index in [-0.39, 0.29) is 24.9 Å². The molecule has 0 aliphatic carbocycles. The third kappa shape index (κ3) is 9.96. The normalized spacial score (nSPS) is 12.3. The van der Waals surface area contributed by atoms with Crippen LogP contribution in [0.5, 0.6) is 0 Å². The second-order valence-corrected chi connectivity index (χ2v) is 6.32. The van der Waals surface area contributed by atoms with Crippen molar-refractivity contribution in [3.8, 4) is 0 Å². The molecule has 0 aliphatic heterocycles. The summed E-state index contributed by atoms with van der Waals surface area (Å²) in [4.78, 5) is 63.1. The van der Waals surface area contributed by atoms with Gasteiger partial charge in [0.05, 0.1) is 5.56 Å². The maximum Gasteiger partial charge on any atom is 0.326 e. The standard InChI is InChI=1S/C17H22FN5O8/c18-16-20-7-9(8-21-16)13(26)19-6-2-1-3-10(14(27)28)22-17(31)23-11(15(29)30)4-5-12(24)25/h7-8,10-11H,1-6H2,(H,19,26)(H,24,25)(H,27,28)(H,29,30)(H2,22,23,31)/t10-,11-/m0/s1. The van der Waals surface area contributed by atoms with E-state index in [1.807, 2.05) is 5.32 Å². The number of hydrogen-bond donors (Lipinski definition) is 6. The summed E-state index contributed by atoms with van der Waals surface area (Å²) in [6, 6.07) is -3.87. The van der Waals surface area contributed by atoms with Gasteiger partial charge in [-0.25, -0.2) is 24.4 Å². The van der Waals surface area contributed by atoms with Crippen molar-refractivity contribution in [2.45, 2.75) is 44.2 Å². The van der Waals surface area contributed by atoms with Gasteiger partial charge in [-0.3, -0.25) is 9.59 Å². The molecule has 13 nitrogen and oxygen atoms in total. The number of carboxylic acid groups (broad SMARTS) is 3. The van der Waals surface area contributed by atoms with E-state index in [0.717, 1.165) is 12.4 Å². The summed E-state index contributed by atoms with van der Waals surface area (Å²) in [6.07, 6.45) is 0.846. The molecule has 1 aromatic heterocycles. The average molecular weight is 443 g/mol. The van der Waals surface area contributed by atoms with E-state index in [2.05, 4.69) is 20.6 Å². The average Bonchev–Trinajstić information content (AvgIpc) is 2.69. The van der Waals surface area contributed by atoms with Gasteiger partial charge < -0.3 is 31.3 Å². The number of aliphatic carboxylic acids is 3. The highest BCUT2D eigenvalue weighted by molar-refractivity contribution is 5.93. The van der Waals surface area contributed by atoms with Crippen molar-refractivity contribution < 1.29 is 43.7 Å². The molecule has 0 unspecified atom stereocenters. The summed E-state index contributed by atoms with van der Waals surface area (Å²) in [5, 5.41) is 33.5. The monoisotopic (exact) mass is 443 g/mol. The SMILES string of the molecule is O=C(O)CC[C@H](NC(=O)N[C@@H](CCCCNC(=O)c1cnc(F)nc1)C(=O)O)C(=O)O. The van der Waals surface area contributed by atoms with Gasteiger partial charge in [0.25, 0.3) is 5.91 Å². The van der Waals surface area contributed by atoms with E-state index in [1.54, 1.807) is 0 Å². The summed E-state index contributed by atoms with van der Waals surface area (Å²) in [7, 11) is 0. The van der Waals surface area contributed by atoms with Gasteiger partial charge in [-0.05, 0) is 25.7 Å². The molecule has 0 aromatic carbocycles. The number of carbonyl (C=O) groups is 5. The zero-order valence-electron chi connectivity index (χ0n) is 16.2. The molecule has 0 spiro atoms. The molecule has 1 rings (SSSR count). The molecule has 0 bridgehead atoms. The van der Waals surface area contributed by atoms with Gasteiger partial charge in [-0.2, -0.15) is 4.39 Å². The fourth-order valence-electron chi connectivity index (χ4n) is 2.35. The molecule has 6 N–H and O–H groups in total. The number of unbranched alkanes of at least 4 members (excludes halogenated alkanes) is 1. The van der Waals surface area contributed by atoms with E-state index in [1.165, 1.54) is 0 Å². The smallest absolute Gasteiger partial charge is 0.326 e. The van der Waals surface area contributed by atoms with E-state index in [9.17, 15) is 33.5 Å². The number of nitrogens with one attached hydrogen (secondary N) is 3. The molecule has 3 amide bonds. The number of amides is 3. The molecule has 31 heavy (non-hydrogen) atoms. The van der Waals surface area contributed by atoms with Crippen LogP contribution in [0.15, 0.2) is 12.4 Å². The van der Waals surface area contributed by atoms with Crippen LogP contribution in [0, 0.1) is 6.08 Å². The van der Waals surface area contributed by atoms with Crippen LogP contribution in [0.25, 0.3) is 0 Å². The second kappa shape index (κ2) is 12.7. The van der Waals surface area contributed by atoms with Gasteiger partial charge in [0.2, 0.25) is 0 Å². The number of urea groups is 1. The van der Waals surface area contributed by atoms with Crippen LogP contribution < -0.4 is 16.0 Å². The Morgan fingerprint density at radius 2 is 1.45 bits per heavy atom. The highest BCUT2D eigenvalue weighted by Crippen LogP contribution is 2.03. The van der Waals surface area contributed by atoms with Crippen LogP contribution >= 0.6 is 0 Å². The van der Waals surface area contributed by atoms with Crippen LogP contribution in [0.2, 0.25) is 0 Å². The van der Waals surface area contributed by atoms with Gasteiger partial charge in [0.15, 0.2) is 0 Å². The van der Waals surface area contributed by atoms with E-state index in [0.29, 0.717) is 12.8 Å². The van der Waals surface area contributed by atoms with Crippen LogP contribution in [0.4, 0.5) is 9.18 Å². The van der Waals surface area contributed by atoms with Crippen molar-refractivity contribution in [1.29, 1.82) is 0 Å². The van der Waals surface area contributed by atoms with Crippen molar-refractivity contribution in [1.82, 2.24) is 25.9 Å². The fraction of sp³-hybridized carbons (Fsp3) is 0.471. The van der Waals surface area contributed by atoms with Gasteiger partial charge in [0.1, 0.15) is 12.1 Å². The molecule has 170 valence electrons. The second-order valence-electron chi connectivity index (χ2n) is 6.32. The Morgan fingerprint density at radius 1 is 0.903 bits per heavy atom. The molecule has 0 radical (unpaired) electrons. The number of aromatic nitrogens is 2. The summed E-state index contributed by atoms with van der Waals surface area (Å²) in [5.74, 6) is -4.57. The van der Waals surface area contributed by atoms with Crippen LogP contribution in [-0.4, -0.2) is 73.8 Å². The van der Waals surface area contributed by atoms with Crippen LogP contribution in [0.3, 0.4) is 0 Å². The molecule has 0 saturated heterocycles. The summed E-state index contributed by atoms with van der Waals surface area (Å²) in [5.41, 5.74) is 0.0547. The number of carboxylic acids is 3. The highest BCUT2D eigenvalue weighted by Gasteiger charge is 2.24. The van der Waals surface area contributed by atoms with Crippen LogP contribution in [0.1, 0.15) is 42.5 Å². The number of nitrogens with zero attached hydrogens (tertiary/aromatic N) is 2. The van der Waals surface area contributed by atoms with Crippen molar-refractivity contribution in [3.05, 3.63) is 24.0 Å². The summed E-state index contributed by atoms with van der Waals surface area (Å²) >= 11 is 0. The lowest BCUT2D eigenvalue weighted by molar-refractivity contribution is -0.140. The molecular weight excluding hydrogens is 421 g/mol. The van der Waals surface area contributed by atoms with Crippen molar-refractivity contribution in [3.63, 3.8) is 0 Å². The van der Waals surface area contributed by atoms with Gasteiger partial charge >= 0.3 is 30.0 Å². The molecule has 0 aliphatic rings. The van der Waals surface area contributed by atoms with Gasteiger partial charge in [-0.15, -0.1) is 0 Å². The van der Waals surface area contributed by atoms with Gasteiger partial charge in [-0.1, -0.05) is 0 Å². The maximum absolute atomic E-state index is 12.6.